The second-order valence-corrected chi connectivity index (χ2v) is 5.44. The predicted octanol–water partition coefficient (Wildman–Crippen LogP) is 1.88. The molecule has 3 nitrogen and oxygen atoms in total. The summed E-state index contributed by atoms with van der Waals surface area (Å²) in [7, 11) is 0.549. The summed E-state index contributed by atoms with van der Waals surface area (Å²) in [6, 6.07) is 0.106. The van der Waals surface area contributed by atoms with Gasteiger partial charge >= 0.3 is 0 Å². The summed E-state index contributed by atoms with van der Waals surface area (Å²) in [5.74, 6) is -7.15. The highest BCUT2D eigenvalue weighted by Crippen LogP contribution is 2.28. The third-order valence-electron chi connectivity index (χ3n) is 1.56. The molecule has 0 aliphatic rings. The zero-order valence-electron chi connectivity index (χ0n) is 6.97. The highest BCUT2D eigenvalue weighted by Gasteiger charge is 2.22. The van der Waals surface area contributed by atoms with E-state index in [-0.39, 0.29) is 6.07 Å². The standard InChI is InChI=1S/C7H4ClF3O3S/c8-15(13,14)2-3-6(11)4(9)1-5(10)7(3)12/h1,12H,2H2. The van der Waals surface area contributed by atoms with Crippen LogP contribution in [0.25, 0.3) is 0 Å². The fourth-order valence-electron chi connectivity index (χ4n) is 0.939. The lowest BCUT2D eigenvalue weighted by Gasteiger charge is -2.05. The zero-order valence-corrected chi connectivity index (χ0v) is 8.54. The van der Waals surface area contributed by atoms with Crippen LogP contribution in [0.3, 0.4) is 0 Å². The Hall–Kier alpha value is -0.950. The van der Waals surface area contributed by atoms with E-state index in [1.54, 1.807) is 0 Å². The number of rotatable bonds is 2. The fraction of sp³-hybridized carbons (Fsp3) is 0.143. The van der Waals surface area contributed by atoms with Gasteiger partial charge in [0, 0.05) is 16.7 Å². The number of phenols is 1. The largest absolute Gasteiger partial charge is 0.505 e. The first-order chi connectivity index (χ1) is 6.72. The molecule has 8 heteroatoms. The highest BCUT2D eigenvalue weighted by atomic mass is 35.7. The molecule has 0 radical (unpaired) electrons. The number of benzene rings is 1. The van der Waals surface area contributed by atoms with Gasteiger partial charge in [-0.2, -0.15) is 0 Å². The van der Waals surface area contributed by atoms with Gasteiger partial charge in [-0.1, -0.05) is 0 Å². The van der Waals surface area contributed by atoms with E-state index < -0.39 is 43.6 Å². The normalized spacial score (nSPS) is 11.7. The van der Waals surface area contributed by atoms with Crippen molar-refractivity contribution in [2.75, 3.05) is 0 Å². The van der Waals surface area contributed by atoms with Crippen LogP contribution in [-0.2, 0) is 14.8 Å². The molecule has 0 aliphatic carbocycles. The number of halogens is 4. The van der Waals surface area contributed by atoms with E-state index in [1.807, 2.05) is 0 Å². The molecule has 0 atom stereocenters. The number of phenolic OH excluding ortho intramolecular Hbond substituents is 1. The van der Waals surface area contributed by atoms with Gasteiger partial charge in [0.1, 0.15) is 0 Å². The van der Waals surface area contributed by atoms with Crippen LogP contribution in [0, 0.1) is 17.5 Å². The van der Waals surface area contributed by atoms with Crippen LogP contribution < -0.4 is 0 Å². The van der Waals surface area contributed by atoms with Crippen LogP contribution in [0.15, 0.2) is 6.07 Å². The van der Waals surface area contributed by atoms with Crippen LogP contribution in [0.1, 0.15) is 5.56 Å². The van der Waals surface area contributed by atoms with Crippen LogP contribution in [0.2, 0.25) is 0 Å². The summed E-state index contributed by atoms with van der Waals surface area (Å²) in [6.45, 7) is 0. The van der Waals surface area contributed by atoms with Crippen molar-refractivity contribution in [3.8, 4) is 5.75 Å². The summed E-state index contributed by atoms with van der Waals surface area (Å²) in [5, 5.41) is 8.96. The quantitative estimate of drug-likeness (QED) is 0.652. The van der Waals surface area contributed by atoms with Gasteiger partial charge in [0.25, 0.3) is 0 Å². The minimum absolute atomic E-state index is 0.106. The van der Waals surface area contributed by atoms with Crippen LogP contribution in [0.4, 0.5) is 13.2 Å². The third-order valence-corrected chi connectivity index (χ3v) is 2.52. The molecule has 0 amide bonds. The van der Waals surface area contributed by atoms with E-state index in [0.717, 1.165) is 0 Å². The van der Waals surface area contributed by atoms with Crippen LogP contribution >= 0.6 is 10.7 Å². The Morgan fingerprint density at radius 3 is 2.27 bits per heavy atom. The molecule has 1 rings (SSSR count). The first kappa shape index (κ1) is 12.1. The van der Waals surface area contributed by atoms with E-state index in [1.165, 1.54) is 0 Å². The molecular weight excluding hydrogens is 257 g/mol. The van der Waals surface area contributed by atoms with Crippen molar-refractivity contribution in [2.45, 2.75) is 5.75 Å². The van der Waals surface area contributed by atoms with E-state index in [0.29, 0.717) is 0 Å². The molecule has 0 bridgehead atoms. The Kier molecular flexibility index (Phi) is 3.15. The van der Waals surface area contributed by atoms with E-state index in [2.05, 4.69) is 0 Å². The molecule has 0 spiro atoms. The molecule has 1 aromatic rings. The molecule has 0 unspecified atom stereocenters. The van der Waals surface area contributed by atoms with Gasteiger partial charge in [0.2, 0.25) is 9.05 Å². The lowest BCUT2D eigenvalue weighted by atomic mass is 10.2. The van der Waals surface area contributed by atoms with Crippen LogP contribution in [0.5, 0.6) is 5.75 Å². The lowest BCUT2D eigenvalue weighted by Crippen LogP contribution is -2.02. The smallest absolute Gasteiger partial charge is 0.237 e. The molecular formula is C7H4ClF3O3S. The lowest BCUT2D eigenvalue weighted by molar-refractivity contribution is 0.405. The molecule has 84 valence electrons. The Labute approximate surface area is 87.5 Å². The highest BCUT2D eigenvalue weighted by molar-refractivity contribution is 8.13. The molecule has 1 N–H and O–H groups in total. The van der Waals surface area contributed by atoms with E-state index in [4.69, 9.17) is 15.8 Å². The molecule has 0 heterocycles. The van der Waals surface area contributed by atoms with Gasteiger partial charge in [-0.05, 0) is 0 Å². The van der Waals surface area contributed by atoms with E-state index >= 15 is 0 Å². The van der Waals surface area contributed by atoms with Crippen molar-refractivity contribution in [2.24, 2.45) is 0 Å². The van der Waals surface area contributed by atoms with Gasteiger partial charge in [-0.3, -0.25) is 0 Å². The van der Waals surface area contributed by atoms with Crippen molar-refractivity contribution >= 4 is 19.7 Å². The van der Waals surface area contributed by atoms with Crippen molar-refractivity contribution in [3.63, 3.8) is 0 Å². The predicted molar refractivity (Wildman–Crippen MR) is 46.5 cm³/mol. The van der Waals surface area contributed by atoms with Gasteiger partial charge in [-0.15, -0.1) is 0 Å². The van der Waals surface area contributed by atoms with Gasteiger partial charge in [0.05, 0.1) is 11.3 Å². The SMILES string of the molecule is O=S(=O)(Cl)Cc1c(O)c(F)cc(F)c1F. The molecule has 0 aliphatic heterocycles. The molecule has 0 aromatic heterocycles. The average Bonchev–Trinajstić information content (AvgIpc) is 2.08. The minimum atomic E-state index is -4.22. The number of hydrogen-bond donors (Lipinski definition) is 1. The molecule has 1 aromatic carbocycles. The molecule has 15 heavy (non-hydrogen) atoms. The summed E-state index contributed by atoms with van der Waals surface area (Å²) < 4.78 is 59.4. The molecule has 0 fully saturated rings. The zero-order chi connectivity index (χ0) is 11.8. The van der Waals surface area contributed by atoms with Crippen molar-refractivity contribution < 1.29 is 26.7 Å². The Morgan fingerprint density at radius 2 is 1.80 bits per heavy atom. The topological polar surface area (TPSA) is 54.4 Å². The summed E-state index contributed by atoms with van der Waals surface area (Å²) >= 11 is 0. The van der Waals surface area contributed by atoms with Crippen molar-refractivity contribution in [3.05, 3.63) is 29.1 Å². The van der Waals surface area contributed by atoms with E-state index in [9.17, 15) is 21.6 Å². The monoisotopic (exact) mass is 260 g/mol. The second kappa shape index (κ2) is 3.90. The average molecular weight is 261 g/mol. The Bertz CT molecular complexity index is 474. The summed E-state index contributed by atoms with van der Waals surface area (Å²) in [6.07, 6.45) is 0. The van der Waals surface area contributed by atoms with Crippen molar-refractivity contribution in [1.82, 2.24) is 0 Å². The fourth-order valence-corrected chi connectivity index (χ4v) is 1.87. The van der Waals surface area contributed by atoms with Crippen molar-refractivity contribution in [1.29, 1.82) is 0 Å². The van der Waals surface area contributed by atoms with Gasteiger partial charge in [0.15, 0.2) is 23.2 Å². The molecule has 0 saturated heterocycles. The maximum Gasteiger partial charge on any atom is 0.237 e. The summed E-state index contributed by atoms with van der Waals surface area (Å²) in [4.78, 5) is 0. The maximum absolute atomic E-state index is 12.9. The van der Waals surface area contributed by atoms with Gasteiger partial charge < -0.3 is 5.11 Å². The number of aromatic hydroxyl groups is 1. The first-order valence-corrected chi connectivity index (χ1v) is 5.98. The Balaban J connectivity index is 3.40. The minimum Gasteiger partial charge on any atom is -0.505 e. The maximum atomic E-state index is 12.9. The van der Waals surface area contributed by atoms with Crippen LogP contribution in [-0.4, -0.2) is 13.5 Å². The summed E-state index contributed by atoms with van der Waals surface area (Å²) in [5.41, 5.74) is -1.03. The van der Waals surface area contributed by atoms with Gasteiger partial charge in [-0.25, -0.2) is 21.6 Å². The third kappa shape index (κ3) is 2.75. The first-order valence-electron chi connectivity index (χ1n) is 3.50. The Morgan fingerprint density at radius 1 is 1.27 bits per heavy atom. The second-order valence-electron chi connectivity index (χ2n) is 2.66. The number of hydrogen-bond acceptors (Lipinski definition) is 3. The molecule has 0 saturated carbocycles.